The Hall–Kier alpha value is -1.14. The molecule has 6 heteroatoms. The molecule has 0 spiro atoms. The molecule has 0 unspecified atom stereocenters. The Bertz CT molecular complexity index is 369. The van der Waals surface area contributed by atoms with Crippen LogP contribution in [-0.4, -0.2) is 40.9 Å². The first-order valence-electron chi connectivity index (χ1n) is 7.13. The molecule has 0 fully saturated rings. The molecule has 21 heavy (non-hydrogen) atoms. The summed E-state index contributed by atoms with van der Waals surface area (Å²) >= 11 is 0. The van der Waals surface area contributed by atoms with E-state index < -0.39 is 14.3 Å². The number of esters is 1. The smallest absolute Gasteiger partial charge is 0.333 e. The van der Waals surface area contributed by atoms with E-state index in [1.807, 2.05) is 0 Å². The molecular formula is C15H28O5Si. The van der Waals surface area contributed by atoms with E-state index in [4.69, 9.17) is 9.16 Å². The van der Waals surface area contributed by atoms with Gasteiger partial charge in [-0.1, -0.05) is 20.8 Å². The van der Waals surface area contributed by atoms with Crippen LogP contribution in [0.3, 0.4) is 0 Å². The largest absolute Gasteiger partial charge is 0.497 e. The third-order valence-electron chi connectivity index (χ3n) is 3.62. The first-order chi connectivity index (χ1) is 9.64. The lowest BCUT2D eigenvalue weighted by molar-refractivity contribution is -0.135. The lowest BCUT2D eigenvalue weighted by atomic mass is 10.2. The molecule has 0 radical (unpaired) electrons. The van der Waals surface area contributed by atoms with Gasteiger partial charge in [-0.05, 0) is 18.1 Å². The number of carbonyl (C=O) groups excluding carboxylic acids is 2. The summed E-state index contributed by atoms with van der Waals surface area (Å²) in [4.78, 5) is 21.6. The molecular weight excluding hydrogens is 288 g/mol. The predicted octanol–water partition coefficient (Wildman–Crippen LogP) is 3.06. The van der Waals surface area contributed by atoms with E-state index in [0.717, 1.165) is 6.29 Å². The highest BCUT2D eigenvalue weighted by Crippen LogP contribution is 2.36. The molecule has 0 aromatic heterocycles. The average Bonchev–Trinajstić information content (AvgIpc) is 2.37. The van der Waals surface area contributed by atoms with Crippen LogP contribution in [0.15, 0.2) is 11.8 Å². The molecule has 0 N–H and O–H groups in total. The van der Waals surface area contributed by atoms with E-state index >= 15 is 0 Å². The first-order valence-corrected chi connectivity index (χ1v) is 10.0. The minimum absolute atomic E-state index is 0.137. The number of hydrogen-bond acceptors (Lipinski definition) is 5. The van der Waals surface area contributed by atoms with Gasteiger partial charge >= 0.3 is 5.97 Å². The second-order valence-electron chi connectivity index (χ2n) is 6.30. The number of hydrogen-bond donors (Lipinski definition) is 0. The van der Waals surface area contributed by atoms with Crippen molar-refractivity contribution in [2.75, 3.05) is 20.3 Å². The molecule has 0 aromatic carbocycles. The maximum absolute atomic E-state index is 11.3. The summed E-state index contributed by atoms with van der Waals surface area (Å²) < 4.78 is 16.1. The summed E-state index contributed by atoms with van der Waals surface area (Å²) in [5.41, 5.74) is 0. The number of carbonyl (C=O) groups is 2. The number of rotatable bonds is 9. The van der Waals surface area contributed by atoms with Crippen LogP contribution in [0.2, 0.25) is 18.1 Å². The molecule has 0 heterocycles. The second kappa shape index (κ2) is 8.99. The van der Waals surface area contributed by atoms with Gasteiger partial charge in [0.2, 0.25) is 0 Å². The molecule has 0 bridgehead atoms. The van der Waals surface area contributed by atoms with Crippen molar-refractivity contribution in [2.45, 2.75) is 51.7 Å². The molecule has 0 aliphatic rings. The van der Waals surface area contributed by atoms with Gasteiger partial charge < -0.3 is 18.7 Å². The molecule has 0 rings (SSSR count). The van der Waals surface area contributed by atoms with Crippen molar-refractivity contribution < 1.29 is 23.5 Å². The SMILES string of the molecule is COC(=O)/C=C(/CCO[Si](C)(C)C(C)(C)C)OCCC=O. The molecule has 122 valence electrons. The molecule has 0 atom stereocenters. The van der Waals surface area contributed by atoms with Crippen molar-refractivity contribution in [1.29, 1.82) is 0 Å². The zero-order valence-corrected chi connectivity index (χ0v) is 15.0. The van der Waals surface area contributed by atoms with Crippen LogP contribution >= 0.6 is 0 Å². The molecule has 0 amide bonds. The van der Waals surface area contributed by atoms with Crippen LogP contribution in [0.25, 0.3) is 0 Å². The van der Waals surface area contributed by atoms with Gasteiger partial charge in [-0.2, -0.15) is 0 Å². The lowest BCUT2D eigenvalue weighted by Gasteiger charge is -2.36. The summed E-state index contributed by atoms with van der Waals surface area (Å²) in [7, 11) is -0.500. The third-order valence-corrected chi connectivity index (χ3v) is 8.16. The zero-order valence-electron chi connectivity index (χ0n) is 14.0. The maximum atomic E-state index is 11.3. The molecule has 0 aromatic rings. The highest BCUT2D eigenvalue weighted by Gasteiger charge is 2.36. The highest BCUT2D eigenvalue weighted by molar-refractivity contribution is 6.74. The van der Waals surface area contributed by atoms with Gasteiger partial charge in [-0.25, -0.2) is 4.79 Å². The topological polar surface area (TPSA) is 61.8 Å². The van der Waals surface area contributed by atoms with Gasteiger partial charge in [0.15, 0.2) is 8.32 Å². The average molecular weight is 316 g/mol. The summed E-state index contributed by atoms with van der Waals surface area (Å²) in [5, 5.41) is 0.137. The minimum atomic E-state index is -1.81. The maximum Gasteiger partial charge on any atom is 0.333 e. The summed E-state index contributed by atoms with van der Waals surface area (Å²) in [6.07, 6.45) is 2.86. The van der Waals surface area contributed by atoms with E-state index in [1.165, 1.54) is 13.2 Å². The fourth-order valence-electron chi connectivity index (χ4n) is 1.24. The third kappa shape index (κ3) is 8.01. The van der Waals surface area contributed by atoms with Crippen LogP contribution in [0.4, 0.5) is 0 Å². The van der Waals surface area contributed by atoms with E-state index in [9.17, 15) is 9.59 Å². The van der Waals surface area contributed by atoms with E-state index in [1.54, 1.807) is 0 Å². The summed E-state index contributed by atoms with van der Waals surface area (Å²) in [6, 6.07) is 0. The van der Waals surface area contributed by atoms with Gasteiger partial charge in [-0.15, -0.1) is 0 Å². The van der Waals surface area contributed by atoms with Crippen LogP contribution < -0.4 is 0 Å². The first kappa shape index (κ1) is 19.9. The normalized spacial score (nSPS) is 13.0. The van der Waals surface area contributed by atoms with Crippen molar-refractivity contribution in [2.24, 2.45) is 0 Å². The summed E-state index contributed by atoms with van der Waals surface area (Å²) in [6.45, 7) is 11.6. The number of aldehydes is 1. The van der Waals surface area contributed by atoms with Crippen LogP contribution in [0, 0.1) is 0 Å². The Balaban J connectivity index is 4.52. The van der Waals surface area contributed by atoms with Gasteiger partial charge in [-0.3, -0.25) is 0 Å². The van der Waals surface area contributed by atoms with Crippen molar-refractivity contribution in [3.63, 3.8) is 0 Å². The molecule has 0 aliphatic heterocycles. The Kier molecular flexibility index (Phi) is 8.50. The van der Waals surface area contributed by atoms with E-state index in [2.05, 4.69) is 38.6 Å². The van der Waals surface area contributed by atoms with Crippen LogP contribution in [-0.2, 0) is 23.5 Å². The Morgan fingerprint density at radius 1 is 1.19 bits per heavy atom. The number of methoxy groups -OCH3 is 1. The monoisotopic (exact) mass is 316 g/mol. The van der Waals surface area contributed by atoms with Crippen molar-refractivity contribution in [1.82, 2.24) is 0 Å². The number of ether oxygens (including phenoxy) is 2. The van der Waals surface area contributed by atoms with Gasteiger partial charge in [0.1, 0.15) is 12.0 Å². The van der Waals surface area contributed by atoms with Crippen molar-refractivity contribution >= 4 is 20.6 Å². The zero-order chi connectivity index (χ0) is 16.5. The molecule has 0 saturated heterocycles. The van der Waals surface area contributed by atoms with Crippen LogP contribution in [0.1, 0.15) is 33.6 Å². The van der Waals surface area contributed by atoms with Crippen LogP contribution in [0.5, 0.6) is 0 Å². The van der Waals surface area contributed by atoms with Gasteiger partial charge in [0.05, 0.1) is 19.8 Å². The highest BCUT2D eigenvalue weighted by atomic mass is 28.4. The van der Waals surface area contributed by atoms with Crippen molar-refractivity contribution in [3.05, 3.63) is 11.8 Å². The minimum Gasteiger partial charge on any atom is -0.497 e. The van der Waals surface area contributed by atoms with Gasteiger partial charge in [0, 0.05) is 19.4 Å². The van der Waals surface area contributed by atoms with E-state index in [0.29, 0.717) is 25.2 Å². The predicted molar refractivity (Wildman–Crippen MR) is 84.5 cm³/mol. The fraction of sp³-hybridized carbons (Fsp3) is 0.733. The summed E-state index contributed by atoms with van der Waals surface area (Å²) in [5.74, 6) is 0.0193. The Morgan fingerprint density at radius 2 is 1.81 bits per heavy atom. The fourth-order valence-corrected chi connectivity index (χ4v) is 2.28. The van der Waals surface area contributed by atoms with E-state index in [-0.39, 0.29) is 11.6 Å². The molecule has 5 nitrogen and oxygen atoms in total. The second-order valence-corrected chi connectivity index (χ2v) is 11.1. The Labute approximate surface area is 128 Å². The van der Waals surface area contributed by atoms with Crippen molar-refractivity contribution in [3.8, 4) is 0 Å². The molecule has 0 aliphatic carbocycles. The quantitative estimate of drug-likeness (QED) is 0.163. The molecule has 0 saturated carbocycles. The lowest BCUT2D eigenvalue weighted by Crippen LogP contribution is -2.41. The standard InChI is InChI=1S/C15H28O5Si/c1-15(2,3)21(5,6)20-11-8-13(12-14(17)18-4)19-10-7-9-16/h9,12H,7-8,10-11H2,1-6H3/b13-12-. The Morgan fingerprint density at radius 3 is 2.29 bits per heavy atom. The van der Waals surface area contributed by atoms with Gasteiger partial charge in [0.25, 0.3) is 0 Å².